The highest BCUT2D eigenvalue weighted by atomic mass is 16.2. The first-order valence-electron chi connectivity index (χ1n) is 6.25. The Morgan fingerprint density at radius 1 is 1.56 bits per heavy atom. The molecule has 0 aliphatic heterocycles. The lowest BCUT2D eigenvalue weighted by molar-refractivity contribution is -0.122. The molecule has 0 aromatic carbocycles. The van der Waals surface area contributed by atoms with E-state index in [2.05, 4.69) is 24.1 Å². The van der Waals surface area contributed by atoms with Crippen LogP contribution in [-0.4, -0.2) is 25.0 Å². The Kier molecular flexibility index (Phi) is 5.00. The molecular formula is C13H24N2O. The molecule has 92 valence electrons. The van der Waals surface area contributed by atoms with Crippen LogP contribution in [0.2, 0.25) is 0 Å². The zero-order valence-electron chi connectivity index (χ0n) is 10.5. The van der Waals surface area contributed by atoms with Crippen molar-refractivity contribution in [1.29, 1.82) is 0 Å². The fourth-order valence-corrected chi connectivity index (χ4v) is 2.12. The zero-order chi connectivity index (χ0) is 12.0. The zero-order valence-corrected chi connectivity index (χ0v) is 10.5. The van der Waals surface area contributed by atoms with Gasteiger partial charge in [0.1, 0.15) is 0 Å². The van der Waals surface area contributed by atoms with Crippen LogP contribution in [0.25, 0.3) is 0 Å². The van der Waals surface area contributed by atoms with E-state index in [4.69, 9.17) is 0 Å². The van der Waals surface area contributed by atoms with E-state index in [0.717, 1.165) is 6.54 Å². The summed E-state index contributed by atoms with van der Waals surface area (Å²) in [7, 11) is 0. The fraction of sp³-hybridized carbons (Fsp3) is 0.769. The smallest absolute Gasteiger partial charge is 0.237 e. The average Bonchev–Trinajstić information content (AvgIpc) is 2.24. The molecule has 16 heavy (non-hydrogen) atoms. The van der Waals surface area contributed by atoms with E-state index in [1.165, 1.54) is 25.7 Å². The number of nitrogens with one attached hydrogen (secondary N) is 2. The van der Waals surface area contributed by atoms with Gasteiger partial charge in [0.15, 0.2) is 0 Å². The van der Waals surface area contributed by atoms with Gasteiger partial charge in [0.2, 0.25) is 5.91 Å². The normalized spacial score (nSPS) is 19.6. The van der Waals surface area contributed by atoms with Gasteiger partial charge >= 0.3 is 0 Å². The minimum atomic E-state index is -0.107. The van der Waals surface area contributed by atoms with Crippen molar-refractivity contribution in [2.45, 2.75) is 45.6 Å². The Bertz CT molecular complexity index is 241. The maximum atomic E-state index is 11.6. The second-order valence-electron chi connectivity index (χ2n) is 4.84. The SMILES string of the molecule is C=CCNC(=O)C(C)NCC1(CC)CCC1. The van der Waals surface area contributed by atoms with Gasteiger partial charge in [-0.05, 0) is 31.6 Å². The van der Waals surface area contributed by atoms with Crippen LogP contribution in [0.15, 0.2) is 12.7 Å². The van der Waals surface area contributed by atoms with Crippen molar-refractivity contribution in [3.05, 3.63) is 12.7 Å². The van der Waals surface area contributed by atoms with Crippen LogP contribution in [-0.2, 0) is 4.79 Å². The van der Waals surface area contributed by atoms with Crippen LogP contribution < -0.4 is 10.6 Å². The van der Waals surface area contributed by atoms with E-state index in [0.29, 0.717) is 12.0 Å². The summed E-state index contributed by atoms with van der Waals surface area (Å²) in [6.45, 7) is 9.24. The third kappa shape index (κ3) is 3.34. The highest BCUT2D eigenvalue weighted by molar-refractivity contribution is 5.81. The first-order chi connectivity index (χ1) is 7.63. The third-order valence-corrected chi connectivity index (χ3v) is 3.76. The Morgan fingerprint density at radius 2 is 2.25 bits per heavy atom. The van der Waals surface area contributed by atoms with Gasteiger partial charge in [0, 0.05) is 13.1 Å². The van der Waals surface area contributed by atoms with E-state index in [1.807, 2.05) is 6.92 Å². The van der Waals surface area contributed by atoms with Gasteiger partial charge in [-0.25, -0.2) is 0 Å². The van der Waals surface area contributed by atoms with Crippen molar-refractivity contribution in [2.24, 2.45) is 5.41 Å². The van der Waals surface area contributed by atoms with Crippen molar-refractivity contribution < 1.29 is 4.79 Å². The Labute approximate surface area is 98.7 Å². The van der Waals surface area contributed by atoms with Gasteiger partial charge in [-0.3, -0.25) is 4.79 Å². The van der Waals surface area contributed by atoms with Crippen molar-refractivity contribution in [1.82, 2.24) is 10.6 Å². The summed E-state index contributed by atoms with van der Waals surface area (Å²) >= 11 is 0. The molecule has 3 nitrogen and oxygen atoms in total. The molecule has 3 heteroatoms. The molecule has 0 radical (unpaired) electrons. The first kappa shape index (κ1) is 13.2. The van der Waals surface area contributed by atoms with E-state index in [-0.39, 0.29) is 11.9 Å². The van der Waals surface area contributed by atoms with Crippen LogP contribution in [0, 0.1) is 5.41 Å². The van der Waals surface area contributed by atoms with Crippen LogP contribution in [0.4, 0.5) is 0 Å². The van der Waals surface area contributed by atoms with E-state index in [9.17, 15) is 4.79 Å². The molecule has 1 unspecified atom stereocenters. The minimum Gasteiger partial charge on any atom is -0.351 e. The summed E-state index contributed by atoms with van der Waals surface area (Å²) in [6, 6.07) is -0.107. The number of rotatable bonds is 7. The maximum absolute atomic E-state index is 11.6. The van der Waals surface area contributed by atoms with Crippen molar-refractivity contribution in [2.75, 3.05) is 13.1 Å². The van der Waals surface area contributed by atoms with Crippen molar-refractivity contribution >= 4 is 5.91 Å². The second-order valence-corrected chi connectivity index (χ2v) is 4.84. The molecule has 1 fully saturated rings. The largest absolute Gasteiger partial charge is 0.351 e. The fourth-order valence-electron chi connectivity index (χ4n) is 2.12. The number of carbonyl (C=O) groups excluding carboxylic acids is 1. The van der Waals surface area contributed by atoms with Crippen LogP contribution in [0.1, 0.15) is 39.5 Å². The van der Waals surface area contributed by atoms with Gasteiger partial charge in [-0.2, -0.15) is 0 Å². The molecule has 0 aromatic rings. The Balaban J connectivity index is 2.25. The molecule has 1 atom stereocenters. The number of carbonyl (C=O) groups is 1. The molecule has 1 aliphatic carbocycles. The predicted molar refractivity (Wildman–Crippen MR) is 67.2 cm³/mol. The molecule has 0 heterocycles. The van der Waals surface area contributed by atoms with Gasteiger partial charge in [0.25, 0.3) is 0 Å². The summed E-state index contributed by atoms with van der Waals surface area (Å²) in [5.41, 5.74) is 0.465. The van der Waals surface area contributed by atoms with Crippen molar-refractivity contribution in [3.63, 3.8) is 0 Å². The van der Waals surface area contributed by atoms with E-state index in [1.54, 1.807) is 6.08 Å². The molecule has 0 aromatic heterocycles. The summed E-state index contributed by atoms with van der Waals surface area (Å²) in [5.74, 6) is 0.0606. The van der Waals surface area contributed by atoms with E-state index < -0.39 is 0 Å². The average molecular weight is 224 g/mol. The molecule has 1 aliphatic rings. The molecule has 0 bridgehead atoms. The number of hydrogen-bond donors (Lipinski definition) is 2. The summed E-state index contributed by atoms with van der Waals surface area (Å²) in [5, 5.41) is 6.14. The molecule has 1 rings (SSSR count). The van der Waals surface area contributed by atoms with E-state index >= 15 is 0 Å². The summed E-state index contributed by atoms with van der Waals surface area (Å²) in [4.78, 5) is 11.6. The number of hydrogen-bond acceptors (Lipinski definition) is 2. The lowest BCUT2D eigenvalue weighted by Gasteiger charge is -2.42. The molecule has 0 saturated heterocycles. The third-order valence-electron chi connectivity index (χ3n) is 3.76. The highest BCUT2D eigenvalue weighted by Crippen LogP contribution is 2.43. The lowest BCUT2D eigenvalue weighted by atomic mass is 9.67. The second kappa shape index (κ2) is 6.04. The highest BCUT2D eigenvalue weighted by Gasteiger charge is 2.35. The quantitative estimate of drug-likeness (QED) is 0.648. The lowest BCUT2D eigenvalue weighted by Crippen LogP contribution is -2.48. The van der Waals surface area contributed by atoms with Gasteiger partial charge in [-0.1, -0.05) is 19.4 Å². The maximum Gasteiger partial charge on any atom is 0.237 e. The van der Waals surface area contributed by atoms with Crippen molar-refractivity contribution in [3.8, 4) is 0 Å². The standard InChI is InChI=1S/C13H24N2O/c1-4-9-14-12(16)11(3)15-10-13(5-2)7-6-8-13/h4,11,15H,1,5-10H2,2-3H3,(H,14,16). The molecular weight excluding hydrogens is 200 g/mol. The minimum absolute atomic E-state index is 0.0606. The Morgan fingerprint density at radius 3 is 2.69 bits per heavy atom. The van der Waals surface area contributed by atoms with Crippen LogP contribution >= 0.6 is 0 Å². The predicted octanol–water partition coefficient (Wildman–Crippen LogP) is 1.85. The van der Waals surface area contributed by atoms with Crippen LogP contribution in [0.3, 0.4) is 0 Å². The molecule has 0 spiro atoms. The van der Waals surface area contributed by atoms with Gasteiger partial charge < -0.3 is 10.6 Å². The first-order valence-corrected chi connectivity index (χ1v) is 6.25. The molecule has 1 amide bonds. The summed E-state index contributed by atoms with van der Waals surface area (Å²) in [6.07, 6.45) is 6.85. The van der Waals surface area contributed by atoms with Gasteiger partial charge in [0.05, 0.1) is 6.04 Å². The summed E-state index contributed by atoms with van der Waals surface area (Å²) < 4.78 is 0. The topological polar surface area (TPSA) is 41.1 Å². The van der Waals surface area contributed by atoms with Gasteiger partial charge in [-0.15, -0.1) is 6.58 Å². The Hall–Kier alpha value is -0.830. The molecule has 2 N–H and O–H groups in total. The number of amides is 1. The molecule has 1 saturated carbocycles. The monoisotopic (exact) mass is 224 g/mol. The van der Waals surface area contributed by atoms with Crippen LogP contribution in [0.5, 0.6) is 0 Å².